The Kier molecular flexibility index (Phi) is 6.49. The van der Waals surface area contributed by atoms with E-state index in [4.69, 9.17) is 0 Å². The highest BCUT2D eigenvalue weighted by Gasteiger charge is 2.09. The van der Waals surface area contributed by atoms with E-state index in [0.717, 1.165) is 6.54 Å². The van der Waals surface area contributed by atoms with Gasteiger partial charge in [-0.05, 0) is 40.8 Å². The first-order valence-corrected chi connectivity index (χ1v) is 8.09. The fourth-order valence-corrected chi connectivity index (χ4v) is 3.23. The number of rotatable bonds is 4. The number of para-hydroxylation sites is 1. The van der Waals surface area contributed by atoms with Gasteiger partial charge < -0.3 is 10.3 Å². The van der Waals surface area contributed by atoms with Crippen LogP contribution in [-0.2, 0) is 6.54 Å². The average Bonchev–Trinajstić information content (AvgIpc) is 3.02. The van der Waals surface area contributed by atoms with Gasteiger partial charge in [0.05, 0.1) is 0 Å². The molecule has 0 aliphatic heterocycles. The first kappa shape index (κ1) is 19.3. The van der Waals surface area contributed by atoms with E-state index >= 15 is 0 Å². The molecule has 0 aliphatic rings. The van der Waals surface area contributed by atoms with E-state index in [1.807, 2.05) is 0 Å². The lowest BCUT2D eigenvalue weighted by molar-refractivity contribution is 0.573. The van der Waals surface area contributed by atoms with E-state index in [9.17, 15) is 0 Å². The lowest BCUT2D eigenvalue weighted by atomic mass is 10.00. The molecular formula is C21H22Cl2N2. The second-order valence-electron chi connectivity index (χ2n) is 6.05. The van der Waals surface area contributed by atoms with E-state index in [1.165, 1.54) is 32.9 Å². The van der Waals surface area contributed by atoms with Crippen molar-refractivity contribution >= 4 is 46.5 Å². The summed E-state index contributed by atoms with van der Waals surface area (Å²) in [7, 11) is 0. The number of nitrogens with one attached hydrogen (secondary N) is 2. The Morgan fingerprint density at radius 2 is 1.52 bits per heavy atom. The summed E-state index contributed by atoms with van der Waals surface area (Å²) in [5.74, 6) is 0. The Balaban J connectivity index is 0.00000113. The predicted octanol–water partition coefficient (Wildman–Crippen LogP) is 6.02. The molecule has 25 heavy (non-hydrogen) atoms. The van der Waals surface area contributed by atoms with Crippen LogP contribution in [0.5, 0.6) is 0 Å². The second kappa shape index (κ2) is 8.39. The van der Waals surface area contributed by atoms with Gasteiger partial charge in [-0.15, -0.1) is 24.8 Å². The molecule has 0 radical (unpaired) electrons. The molecule has 1 aromatic heterocycles. The molecular weight excluding hydrogens is 351 g/mol. The zero-order valence-electron chi connectivity index (χ0n) is 14.0. The number of fused-ring (bicyclic) bond motifs is 2. The maximum atomic E-state index is 3.64. The summed E-state index contributed by atoms with van der Waals surface area (Å²) in [6, 6.07) is 26.0. The monoisotopic (exact) mass is 372 g/mol. The molecule has 130 valence electrons. The van der Waals surface area contributed by atoms with Crippen LogP contribution in [0.15, 0.2) is 72.8 Å². The molecule has 4 aromatic rings. The average molecular weight is 373 g/mol. The van der Waals surface area contributed by atoms with Crippen molar-refractivity contribution < 1.29 is 0 Å². The molecule has 4 rings (SSSR count). The first-order chi connectivity index (χ1) is 11.3. The molecule has 1 heterocycles. The van der Waals surface area contributed by atoms with Crippen LogP contribution in [0.25, 0.3) is 21.7 Å². The van der Waals surface area contributed by atoms with Crippen molar-refractivity contribution in [3.8, 4) is 0 Å². The van der Waals surface area contributed by atoms with E-state index in [-0.39, 0.29) is 24.8 Å². The van der Waals surface area contributed by atoms with Crippen molar-refractivity contribution in [1.82, 2.24) is 10.3 Å². The molecule has 4 heteroatoms. The topological polar surface area (TPSA) is 27.8 Å². The van der Waals surface area contributed by atoms with E-state index in [0.29, 0.717) is 6.04 Å². The van der Waals surface area contributed by atoms with Gasteiger partial charge in [-0.2, -0.15) is 0 Å². The molecule has 0 spiro atoms. The highest BCUT2D eigenvalue weighted by Crippen LogP contribution is 2.24. The third kappa shape index (κ3) is 3.98. The fourth-order valence-electron chi connectivity index (χ4n) is 3.23. The summed E-state index contributed by atoms with van der Waals surface area (Å²) in [6.07, 6.45) is 0. The molecule has 0 aliphatic carbocycles. The van der Waals surface area contributed by atoms with Crippen LogP contribution in [0, 0.1) is 0 Å². The number of benzene rings is 3. The summed E-state index contributed by atoms with van der Waals surface area (Å²) >= 11 is 0. The van der Waals surface area contributed by atoms with Gasteiger partial charge in [0.1, 0.15) is 0 Å². The molecule has 0 unspecified atom stereocenters. The van der Waals surface area contributed by atoms with Crippen LogP contribution in [0.4, 0.5) is 0 Å². The van der Waals surface area contributed by atoms with Gasteiger partial charge in [0.25, 0.3) is 0 Å². The SMILES string of the molecule is C[C@H](NCc1cc2ccccc2[nH]1)c1cccc2ccccc12.Cl.Cl. The van der Waals surface area contributed by atoms with E-state index < -0.39 is 0 Å². The molecule has 3 aromatic carbocycles. The maximum absolute atomic E-state index is 3.64. The van der Waals surface area contributed by atoms with Crippen molar-refractivity contribution in [2.24, 2.45) is 0 Å². The Morgan fingerprint density at radius 3 is 2.32 bits per heavy atom. The summed E-state index contributed by atoms with van der Waals surface area (Å²) in [6.45, 7) is 3.06. The van der Waals surface area contributed by atoms with E-state index in [2.05, 4.69) is 90.0 Å². The van der Waals surface area contributed by atoms with Gasteiger partial charge in [-0.25, -0.2) is 0 Å². The molecule has 2 nitrogen and oxygen atoms in total. The quantitative estimate of drug-likeness (QED) is 0.450. The molecule has 0 fully saturated rings. The van der Waals surface area contributed by atoms with Gasteiger partial charge in [0, 0.05) is 23.8 Å². The lowest BCUT2D eigenvalue weighted by Crippen LogP contribution is -2.18. The zero-order chi connectivity index (χ0) is 15.6. The summed E-state index contributed by atoms with van der Waals surface area (Å²) in [4.78, 5) is 3.48. The Hall–Kier alpha value is -2.00. The van der Waals surface area contributed by atoms with Gasteiger partial charge in [0.15, 0.2) is 0 Å². The van der Waals surface area contributed by atoms with E-state index in [1.54, 1.807) is 0 Å². The van der Waals surface area contributed by atoms with Gasteiger partial charge >= 0.3 is 0 Å². The number of aromatic nitrogens is 1. The van der Waals surface area contributed by atoms with Crippen LogP contribution in [0.2, 0.25) is 0 Å². The van der Waals surface area contributed by atoms with Crippen LogP contribution in [-0.4, -0.2) is 4.98 Å². The first-order valence-electron chi connectivity index (χ1n) is 8.09. The second-order valence-corrected chi connectivity index (χ2v) is 6.05. The van der Waals surface area contributed by atoms with Crippen LogP contribution >= 0.6 is 24.8 Å². The Labute approximate surface area is 160 Å². The summed E-state index contributed by atoms with van der Waals surface area (Å²) in [5.41, 5.74) is 3.76. The molecule has 0 saturated carbocycles. The number of hydrogen-bond acceptors (Lipinski definition) is 1. The Bertz CT molecular complexity index is 924. The summed E-state index contributed by atoms with van der Waals surface area (Å²) in [5, 5.41) is 7.52. The maximum Gasteiger partial charge on any atom is 0.0456 e. The molecule has 0 saturated heterocycles. The number of H-pyrrole nitrogens is 1. The van der Waals surface area contributed by atoms with Crippen LogP contribution < -0.4 is 5.32 Å². The predicted molar refractivity (Wildman–Crippen MR) is 112 cm³/mol. The molecule has 1 atom stereocenters. The van der Waals surface area contributed by atoms with Crippen molar-refractivity contribution in [2.75, 3.05) is 0 Å². The molecule has 2 N–H and O–H groups in total. The van der Waals surface area contributed by atoms with Gasteiger partial charge in [-0.3, -0.25) is 0 Å². The largest absolute Gasteiger partial charge is 0.357 e. The number of aromatic amines is 1. The third-order valence-electron chi connectivity index (χ3n) is 4.47. The Morgan fingerprint density at radius 1 is 0.840 bits per heavy atom. The summed E-state index contributed by atoms with van der Waals surface area (Å²) < 4.78 is 0. The zero-order valence-corrected chi connectivity index (χ0v) is 15.7. The highest BCUT2D eigenvalue weighted by molar-refractivity contribution is 5.86. The van der Waals surface area contributed by atoms with Crippen LogP contribution in [0.1, 0.15) is 24.2 Å². The number of hydrogen-bond donors (Lipinski definition) is 2. The van der Waals surface area contributed by atoms with Gasteiger partial charge in [0.2, 0.25) is 0 Å². The number of halogens is 2. The smallest absolute Gasteiger partial charge is 0.0456 e. The minimum absolute atomic E-state index is 0. The normalized spacial score (nSPS) is 11.7. The van der Waals surface area contributed by atoms with Crippen molar-refractivity contribution in [2.45, 2.75) is 19.5 Å². The fraction of sp³-hybridized carbons (Fsp3) is 0.143. The highest BCUT2D eigenvalue weighted by atomic mass is 35.5. The minimum atomic E-state index is 0. The van der Waals surface area contributed by atoms with Crippen molar-refractivity contribution in [3.63, 3.8) is 0 Å². The third-order valence-corrected chi connectivity index (χ3v) is 4.47. The lowest BCUT2D eigenvalue weighted by Gasteiger charge is -2.16. The minimum Gasteiger partial charge on any atom is -0.357 e. The van der Waals surface area contributed by atoms with Crippen molar-refractivity contribution in [3.05, 3.63) is 84.1 Å². The standard InChI is InChI=1S/C21H20N2.2ClH/c1-15(19-11-6-9-16-7-2-4-10-20(16)19)22-14-18-13-17-8-3-5-12-21(17)23-18;;/h2-13,15,22-23H,14H2,1H3;2*1H/t15-;;/m0../s1. The van der Waals surface area contributed by atoms with Crippen LogP contribution in [0.3, 0.4) is 0 Å². The molecule has 0 amide bonds. The van der Waals surface area contributed by atoms with Crippen molar-refractivity contribution in [1.29, 1.82) is 0 Å². The molecule has 0 bridgehead atoms. The van der Waals surface area contributed by atoms with Gasteiger partial charge in [-0.1, -0.05) is 60.7 Å².